The zero-order valence-electron chi connectivity index (χ0n) is 12.1. The fraction of sp³-hybridized carbons (Fsp3) is 0.133. The molecule has 5 nitrogen and oxygen atoms in total. The second kappa shape index (κ2) is 6.15. The highest BCUT2D eigenvalue weighted by Crippen LogP contribution is 2.19. The van der Waals surface area contributed by atoms with E-state index in [1.54, 1.807) is 24.3 Å². The van der Waals surface area contributed by atoms with E-state index in [1.807, 2.05) is 0 Å². The highest BCUT2D eigenvalue weighted by Gasteiger charge is 2.12. The van der Waals surface area contributed by atoms with Gasteiger partial charge in [-0.05, 0) is 48.5 Å². The van der Waals surface area contributed by atoms with Crippen molar-refractivity contribution in [3.05, 3.63) is 59.9 Å². The molecule has 0 aliphatic carbocycles. The summed E-state index contributed by atoms with van der Waals surface area (Å²) in [4.78, 5) is 12.0. The lowest BCUT2D eigenvalue weighted by atomic mass is 10.2. The Morgan fingerprint density at radius 2 is 1.59 bits per heavy atom. The van der Waals surface area contributed by atoms with Crippen molar-refractivity contribution in [3.8, 4) is 0 Å². The molecule has 2 aromatic carbocycles. The number of anilines is 2. The largest absolute Gasteiger partial charge is 0.322 e. The van der Waals surface area contributed by atoms with E-state index in [-0.39, 0.29) is 5.91 Å². The molecule has 0 radical (unpaired) electrons. The van der Waals surface area contributed by atoms with Gasteiger partial charge in [-0.2, -0.15) is 0 Å². The molecule has 0 saturated heterocycles. The summed E-state index contributed by atoms with van der Waals surface area (Å²) in [5, 5.41) is 2.65. The topological polar surface area (TPSA) is 66.5 Å². The lowest BCUT2D eigenvalue weighted by Gasteiger charge is -2.16. The third-order valence-corrected chi connectivity index (χ3v) is 4.30. The van der Waals surface area contributed by atoms with E-state index < -0.39 is 15.8 Å². The van der Waals surface area contributed by atoms with Crippen molar-refractivity contribution in [1.29, 1.82) is 0 Å². The average Bonchev–Trinajstić information content (AvgIpc) is 2.47. The van der Waals surface area contributed by atoms with Crippen molar-refractivity contribution in [3.63, 3.8) is 0 Å². The smallest absolute Gasteiger partial charge is 0.255 e. The number of benzene rings is 2. The molecule has 1 N–H and O–H groups in total. The van der Waals surface area contributed by atoms with Crippen LogP contribution < -0.4 is 9.62 Å². The first-order valence-corrected chi connectivity index (χ1v) is 8.23. The van der Waals surface area contributed by atoms with E-state index in [0.717, 1.165) is 10.6 Å². The highest BCUT2D eigenvalue weighted by atomic mass is 32.2. The van der Waals surface area contributed by atoms with Gasteiger partial charge in [0.25, 0.3) is 5.91 Å². The van der Waals surface area contributed by atoms with Crippen LogP contribution in [0, 0.1) is 5.82 Å². The lowest BCUT2D eigenvalue weighted by Crippen LogP contribution is -2.24. The molecule has 0 aliphatic heterocycles. The first-order chi connectivity index (χ1) is 10.3. The molecule has 0 aliphatic rings. The number of nitrogens with zero attached hydrogens (tertiary/aromatic N) is 1. The number of carbonyl (C=O) groups excluding carboxylic acids is 1. The molecule has 116 valence electrons. The predicted molar refractivity (Wildman–Crippen MR) is 84.0 cm³/mol. The van der Waals surface area contributed by atoms with Crippen molar-refractivity contribution in [2.45, 2.75) is 0 Å². The number of sulfonamides is 1. The number of nitrogens with one attached hydrogen (secondary N) is 1. The SMILES string of the molecule is CN(c1ccc(NC(=O)c2ccc(F)cc2)cc1)S(C)(=O)=O. The van der Waals surface area contributed by atoms with E-state index in [4.69, 9.17) is 0 Å². The molecule has 7 heteroatoms. The summed E-state index contributed by atoms with van der Waals surface area (Å²) < 4.78 is 36.8. The minimum atomic E-state index is -3.33. The molecule has 0 bridgehead atoms. The molecule has 0 saturated carbocycles. The van der Waals surface area contributed by atoms with E-state index in [1.165, 1.54) is 31.3 Å². The molecule has 2 aromatic rings. The number of carbonyl (C=O) groups is 1. The standard InChI is InChI=1S/C15H15FN2O3S/c1-18(22(2,20)21)14-9-7-13(8-10-14)17-15(19)11-3-5-12(16)6-4-11/h3-10H,1-2H3,(H,17,19). The zero-order chi connectivity index (χ0) is 16.3. The van der Waals surface area contributed by atoms with Gasteiger partial charge >= 0.3 is 0 Å². The first-order valence-electron chi connectivity index (χ1n) is 6.38. The summed E-state index contributed by atoms with van der Waals surface area (Å²) in [5.41, 5.74) is 1.33. The Bertz CT molecular complexity index is 771. The second-order valence-electron chi connectivity index (χ2n) is 4.74. The predicted octanol–water partition coefficient (Wildman–Crippen LogP) is 2.47. The average molecular weight is 322 g/mol. The second-order valence-corrected chi connectivity index (χ2v) is 6.75. The molecular formula is C15H15FN2O3S. The maximum absolute atomic E-state index is 12.8. The minimum Gasteiger partial charge on any atom is -0.322 e. The van der Waals surface area contributed by atoms with Crippen molar-refractivity contribution < 1.29 is 17.6 Å². The molecule has 0 aromatic heterocycles. The van der Waals surface area contributed by atoms with Crippen molar-refractivity contribution in [2.75, 3.05) is 22.9 Å². The fourth-order valence-corrected chi connectivity index (χ4v) is 2.26. The fourth-order valence-electron chi connectivity index (χ4n) is 1.75. The Balaban J connectivity index is 2.11. The summed E-state index contributed by atoms with van der Waals surface area (Å²) in [7, 11) is -1.88. The van der Waals surface area contributed by atoms with Crippen LogP contribution in [-0.4, -0.2) is 27.6 Å². The van der Waals surface area contributed by atoms with E-state index in [9.17, 15) is 17.6 Å². The molecule has 1 amide bonds. The third kappa shape index (κ3) is 3.82. The summed E-state index contributed by atoms with van der Waals surface area (Å²) in [6.07, 6.45) is 1.11. The number of halogens is 1. The molecule has 22 heavy (non-hydrogen) atoms. The molecule has 0 heterocycles. The van der Waals surface area contributed by atoms with Crippen LogP contribution >= 0.6 is 0 Å². The van der Waals surface area contributed by atoms with Gasteiger partial charge in [-0.1, -0.05) is 0 Å². The first kappa shape index (κ1) is 16.0. The normalized spacial score (nSPS) is 11.0. The number of hydrogen-bond acceptors (Lipinski definition) is 3. The Morgan fingerprint density at radius 1 is 1.05 bits per heavy atom. The van der Waals surface area contributed by atoms with Crippen LogP contribution in [0.15, 0.2) is 48.5 Å². The quantitative estimate of drug-likeness (QED) is 0.940. The van der Waals surface area contributed by atoms with Crippen LogP contribution in [0.25, 0.3) is 0 Å². The van der Waals surface area contributed by atoms with Crippen LogP contribution in [0.5, 0.6) is 0 Å². The van der Waals surface area contributed by atoms with E-state index in [2.05, 4.69) is 5.32 Å². The van der Waals surface area contributed by atoms with Gasteiger partial charge in [0, 0.05) is 18.3 Å². The molecule has 0 atom stereocenters. The van der Waals surface area contributed by atoms with Gasteiger partial charge in [0.1, 0.15) is 5.82 Å². The van der Waals surface area contributed by atoms with Crippen LogP contribution in [0.3, 0.4) is 0 Å². The summed E-state index contributed by atoms with van der Waals surface area (Å²) in [6, 6.07) is 11.5. The van der Waals surface area contributed by atoms with Gasteiger partial charge < -0.3 is 5.32 Å². The molecule has 0 fully saturated rings. The Hall–Kier alpha value is -2.41. The molecular weight excluding hydrogens is 307 g/mol. The zero-order valence-corrected chi connectivity index (χ0v) is 12.9. The van der Waals surface area contributed by atoms with Crippen molar-refractivity contribution in [1.82, 2.24) is 0 Å². The van der Waals surface area contributed by atoms with Gasteiger partial charge in [0.2, 0.25) is 10.0 Å². The lowest BCUT2D eigenvalue weighted by molar-refractivity contribution is 0.102. The van der Waals surface area contributed by atoms with Gasteiger partial charge in [0.05, 0.1) is 11.9 Å². The van der Waals surface area contributed by atoms with E-state index >= 15 is 0 Å². The summed E-state index contributed by atoms with van der Waals surface area (Å²) in [6.45, 7) is 0. The van der Waals surface area contributed by atoms with Gasteiger partial charge in [-0.15, -0.1) is 0 Å². The maximum Gasteiger partial charge on any atom is 0.255 e. The van der Waals surface area contributed by atoms with E-state index in [0.29, 0.717) is 16.9 Å². The van der Waals surface area contributed by atoms with Gasteiger partial charge in [-0.3, -0.25) is 9.10 Å². The minimum absolute atomic E-state index is 0.332. The maximum atomic E-state index is 12.8. The Labute approximate surface area is 128 Å². The van der Waals surface area contributed by atoms with Crippen LogP contribution in [0.4, 0.5) is 15.8 Å². The summed E-state index contributed by atoms with van der Waals surface area (Å²) >= 11 is 0. The third-order valence-electron chi connectivity index (χ3n) is 3.09. The highest BCUT2D eigenvalue weighted by molar-refractivity contribution is 7.92. The van der Waals surface area contributed by atoms with Crippen molar-refractivity contribution >= 4 is 27.3 Å². The van der Waals surface area contributed by atoms with Crippen LogP contribution in [0.1, 0.15) is 10.4 Å². The molecule has 2 rings (SSSR count). The molecule has 0 spiro atoms. The monoisotopic (exact) mass is 322 g/mol. The van der Waals surface area contributed by atoms with Crippen molar-refractivity contribution in [2.24, 2.45) is 0 Å². The Kier molecular flexibility index (Phi) is 4.46. The van der Waals surface area contributed by atoms with Crippen LogP contribution in [0.2, 0.25) is 0 Å². The number of rotatable bonds is 4. The Morgan fingerprint density at radius 3 is 2.09 bits per heavy atom. The number of hydrogen-bond donors (Lipinski definition) is 1. The van der Waals surface area contributed by atoms with Crippen LogP contribution in [-0.2, 0) is 10.0 Å². The molecule has 0 unspecified atom stereocenters. The van der Waals surface area contributed by atoms with Gasteiger partial charge in [-0.25, -0.2) is 12.8 Å². The number of amides is 1. The van der Waals surface area contributed by atoms with Gasteiger partial charge in [0.15, 0.2) is 0 Å². The summed E-state index contributed by atoms with van der Waals surface area (Å²) in [5.74, 6) is -0.783.